The molecule has 298 valence electrons. The molecule has 8 bridgehead atoms. The molecule has 8 fully saturated rings. The van der Waals surface area contributed by atoms with Crippen LogP contribution in [-0.4, -0.2) is 0 Å². The van der Waals surface area contributed by atoms with Crippen molar-refractivity contribution in [3.05, 3.63) is 174 Å². The zero-order chi connectivity index (χ0) is 39.6. The van der Waals surface area contributed by atoms with Gasteiger partial charge in [0.05, 0.1) is 0 Å². The number of fused-ring (bicyclic) bond motifs is 7. The zero-order valence-corrected chi connectivity index (χ0v) is 35.1. The lowest BCUT2D eigenvalue weighted by atomic mass is 9.43. The Morgan fingerprint density at radius 2 is 0.754 bits per heavy atom. The average molecular weight is 788 g/mol. The molecule has 10 aliphatic rings. The molecule has 1 heteroatoms. The van der Waals surface area contributed by atoms with E-state index in [4.69, 9.17) is 0 Å². The van der Waals surface area contributed by atoms with Gasteiger partial charge in [0.25, 0.3) is 0 Å². The van der Waals surface area contributed by atoms with Gasteiger partial charge >= 0.3 is 0 Å². The van der Waals surface area contributed by atoms with Gasteiger partial charge in [-0.1, -0.05) is 115 Å². The molecule has 1 nitrogen and oxygen atoms in total. The summed E-state index contributed by atoms with van der Waals surface area (Å²) in [5.41, 5.74) is 19.1. The third-order valence-electron chi connectivity index (χ3n) is 18.8. The molecule has 0 N–H and O–H groups in total. The predicted octanol–water partition coefficient (Wildman–Crippen LogP) is 15.4. The van der Waals surface area contributed by atoms with E-state index in [0.29, 0.717) is 0 Å². The standard InChI is InChI=1S/C60H53N/c1-2-13-49-40(9-1)10-8-16-50(49)41-11-7-12-46(33-41)61(47-19-21-57-53(34-47)51-14-3-5-17-55(51)59(57)42-25-36-23-37(27-42)28-43(59)26-36)48-20-22-58-54(35-48)52-15-4-6-18-56(52)60(58)44-29-38-24-39(31-44)32-45(60)30-38/h1-22,33-39,42-45H,23-32H2/t36-,37?,38-,39?,42-,43-,44-,45?,59-,60+/m1/s1. The van der Waals surface area contributed by atoms with Crippen LogP contribution in [0.25, 0.3) is 44.2 Å². The van der Waals surface area contributed by atoms with Gasteiger partial charge in [-0.2, -0.15) is 0 Å². The van der Waals surface area contributed by atoms with E-state index in [2.05, 4.69) is 157 Å². The van der Waals surface area contributed by atoms with Crippen LogP contribution in [0.2, 0.25) is 0 Å². The molecule has 0 aliphatic heterocycles. The van der Waals surface area contributed by atoms with E-state index in [1.165, 1.54) is 125 Å². The highest BCUT2D eigenvalue weighted by Gasteiger charge is 2.63. The van der Waals surface area contributed by atoms with Gasteiger partial charge in [0, 0.05) is 27.9 Å². The van der Waals surface area contributed by atoms with Crippen LogP contribution >= 0.6 is 0 Å². The topological polar surface area (TPSA) is 3.24 Å². The van der Waals surface area contributed by atoms with Crippen molar-refractivity contribution in [1.82, 2.24) is 0 Å². The van der Waals surface area contributed by atoms with Crippen molar-refractivity contribution in [3.63, 3.8) is 0 Å². The molecule has 61 heavy (non-hydrogen) atoms. The first-order valence-corrected chi connectivity index (χ1v) is 24.0. The molecule has 0 amide bonds. The van der Waals surface area contributed by atoms with E-state index in [0.717, 1.165) is 47.3 Å². The van der Waals surface area contributed by atoms with Gasteiger partial charge in [0.1, 0.15) is 0 Å². The summed E-state index contributed by atoms with van der Waals surface area (Å²) in [7, 11) is 0. The van der Waals surface area contributed by atoms with E-state index in [1.807, 2.05) is 0 Å². The number of nitrogens with zero attached hydrogens (tertiary/aromatic N) is 1. The van der Waals surface area contributed by atoms with Crippen molar-refractivity contribution in [2.45, 2.75) is 75.0 Å². The third-order valence-corrected chi connectivity index (χ3v) is 18.8. The summed E-state index contributed by atoms with van der Waals surface area (Å²) in [4.78, 5) is 2.62. The van der Waals surface area contributed by atoms with Gasteiger partial charge in [-0.3, -0.25) is 0 Å². The monoisotopic (exact) mass is 787 g/mol. The summed E-state index contributed by atoms with van der Waals surface area (Å²) in [5.74, 6) is 6.82. The largest absolute Gasteiger partial charge is 0.310 e. The zero-order valence-electron chi connectivity index (χ0n) is 35.1. The first kappa shape index (κ1) is 34.2. The summed E-state index contributed by atoms with van der Waals surface area (Å²) in [5, 5.41) is 2.59. The Hall–Kier alpha value is -5.40. The van der Waals surface area contributed by atoms with Crippen LogP contribution in [0.3, 0.4) is 0 Å². The fourth-order valence-electron chi connectivity index (χ4n) is 17.3. The van der Waals surface area contributed by atoms with Crippen molar-refractivity contribution in [1.29, 1.82) is 0 Å². The summed E-state index contributed by atoms with van der Waals surface area (Å²) >= 11 is 0. The van der Waals surface area contributed by atoms with Gasteiger partial charge < -0.3 is 4.90 Å². The number of benzene rings is 7. The molecule has 0 unspecified atom stereocenters. The Kier molecular flexibility index (Phi) is 6.82. The Bertz CT molecular complexity index is 2780. The second kappa shape index (κ2) is 12.2. The Balaban J connectivity index is 0.936. The Morgan fingerprint density at radius 1 is 0.328 bits per heavy atom. The minimum Gasteiger partial charge on any atom is -0.310 e. The number of anilines is 3. The van der Waals surface area contributed by atoms with Crippen LogP contribution in [-0.2, 0) is 10.8 Å². The fraction of sp³-hybridized carbons (Fsp3) is 0.333. The minimum atomic E-state index is 0.168. The smallest absolute Gasteiger partial charge is 0.0468 e. The molecular formula is C60H53N. The number of hydrogen-bond donors (Lipinski definition) is 0. The second-order valence-electron chi connectivity index (χ2n) is 21.3. The highest BCUT2D eigenvalue weighted by molar-refractivity contribution is 5.98. The molecule has 8 saturated carbocycles. The van der Waals surface area contributed by atoms with E-state index < -0.39 is 0 Å². The van der Waals surface area contributed by atoms with Gasteiger partial charge in [-0.25, -0.2) is 0 Å². The Labute approximate surface area is 360 Å². The molecular weight excluding hydrogens is 735 g/mol. The van der Waals surface area contributed by atoms with Crippen molar-refractivity contribution >= 4 is 27.8 Å². The summed E-state index contributed by atoms with van der Waals surface area (Å²) in [6.07, 6.45) is 14.3. The molecule has 0 heterocycles. The molecule has 0 atom stereocenters. The van der Waals surface area contributed by atoms with E-state index in [-0.39, 0.29) is 10.8 Å². The second-order valence-corrected chi connectivity index (χ2v) is 21.3. The summed E-state index contributed by atoms with van der Waals surface area (Å²) in [6.45, 7) is 0. The molecule has 7 aromatic carbocycles. The molecule has 0 saturated heterocycles. The molecule has 0 radical (unpaired) electrons. The van der Waals surface area contributed by atoms with Crippen molar-refractivity contribution in [2.75, 3.05) is 4.90 Å². The lowest BCUT2D eigenvalue weighted by Crippen LogP contribution is -2.55. The van der Waals surface area contributed by atoms with E-state index in [1.54, 1.807) is 22.3 Å². The summed E-state index contributed by atoms with van der Waals surface area (Å²) < 4.78 is 0. The van der Waals surface area contributed by atoms with E-state index in [9.17, 15) is 0 Å². The summed E-state index contributed by atoms with van der Waals surface area (Å²) in [6, 6.07) is 59.8. The van der Waals surface area contributed by atoms with Crippen molar-refractivity contribution in [2.24, 2.45) is 47.3 Å². The molecule has 2 spiro atoms. The highest BCUT2D eigenvalue weighted by Crippen LogP contribution is 2.71. The van der Waals surface area contributed by atoms with Crippen LogP contribution in [0.15, 0.2) is 152 Å². The van der Waals surface area contributed by atoms with Crippen LogP contribution in [0.5, 0.6) is 0 Å². The van der Waals surface area contributed by atoms with Crippen molar-refractivity contribution < 1.29 is 0 Å². The highest BCUT2D eigenvalue weighted by atomic mass is 15.1. The number of hydrogen-bond acceptors (Lipinski definition) is 1. The number of rotatable bonds is 4. The minimum absolute atomic E-state index is 0.168. The normalized spacial score (nSPS) is 32.4. The molecule has 0 aromatic heterocycles. The third kappa shape index (κ3) is 4.39. The van der Waals surface area contributed by atoms with Crippen molar-refractivity contribution in [3.8, 4) is 33.4 Å². The molecule has 10 aliphatic carbocycles. The van der Waals surface area contributed by atoms with Gasteiger partial charge in [0.2, 0.25) is 0 Å². The van der Waals surface area contributed by atoms with Gasteiger partial charge in [-0.15, -0.1) is 0 Å². The lowest BCUT2D eigenvalue weighted by Gasteiger charge is -2.61. The van der Waals surface area contributed by atoms with Crippen LogP contribution < -0.4 is 4.90 Å². The van der Waals surface area contributed by atoms with Gasteiger partial charge in [-0.05, 0) is 214 Å². The first-order chi connectivity index (χ1) is 30.1. The SMILES string of the molecule is c1cc(-c2cccc3ccccc23)cc(N(c2ccc3c(c2)-c2ccccc2[C@]32C3CC4C[C@@H](C3)C[C@@H]2C4)c2ccc3c(c2)-c2ccccc2[C@]32[C@H]3CC4C[C@H](C3)C[C@@H]2C4)c1. The average Bonchev–Trinajstić information content (AvgIpc) is 3.75. The van der Waals surface area contributed by atoms with E-state index >= 15 is 0 Å². The first-order valence-electron chi connectivity index (χ1n) is 24.0. The maximum atomic E-state index is 2.62. The molecule has 17 rings (SSSR count). The van der Waals surface area contributed by atoms with Crippen LogP contribution in [0.1, 0.15) is 86.5 Å². The van der Waals surface area contributed by atoms with Crippen LogP contribution in [0.4, 0.5) is 17.1 Å². The maximum absolute atomic E-state index is 2.62. The fourth-order valence-corrected chi connectivity index (χ4v) is 17.3. The maximum Gasteiger partial charge on any atom is 0.0468 e. The Morgan fingerprint density at radius 3 is 1.31 bits per heavy atom. The lowest BCUT2D eigenvalue weighted by molar-refractivity contribution is -0.0399. The van der Waals surface area contributed by atoms with Gasteiger partial charge in [0.15, 0.2) is 0 Å². The van der Waals surface area contributed by atoms with Crippen LogP contribution in [0, 0.1) is 47.3 Å². The quantitative estimate of drug-likeness (QED) is 0.172. The molecule has 7 aromatic rings. The predicted molar refractivity (Wildman–Crippen MR) is 251 cm³/mol.